The lowest BCUT2D eigenvalue weighted by molar-refractivity contribution is -0.174. The predicted molar refractivity (Wildman–Crippen MR) is 111 cm³/mol. The monoisotopic (exact) mass is 406 g/mol. The highest BCUT2D eigenvalue weighted by Crippen LogP contribution is 2.52. The summed E-state index contributed by atoms with van der Waals surface area (Å²) in [7, 11) is 0. The van der Waals surface area contributed by atoms with Crippen LogP contribution in [0.25, 0.3) is 0 Å². The summed E-state index contributed by atoms with van der Waals surface area (Å²) in [5, 5.41) is 10.3. The van der Waals surface area contributed by atoms with Gasteiger partial charge in [-0.2, -0.15) is 0 Å². The lowest BCUT2D eigenvalue weighted by Crippen LogP contribution is -2.53. The molecule has 0 aromatic carbocycles. The van der Waals surface area contributed by atoms with E-state index in [1.807, 2.05) is 13.8 Å². The lowest BCUT2D eigenvalue weighted by atomic mass is 9.59. The van der Waals surface area contributed by atoms with Crippen molar-refractivity contribution in [1.82, 2.24) is 0 Å². The van der Waals surface area contributed by atoms with Gasteiger partial charge in [0.15, 0.2) is 6.10 Å². The molecule has 2 aliphatic carbocycles. The number of ether oxygens (including phenoxy) is 2. The molecule has 1 N–H and O–H groups in total. The van der Waals surface area contributed by atoms with E-state index < -0.39 is 17.7 Å². The maximum absolute atomic E-state index is 12.9. The first-order valence-corrected chi connectivity index (χ1v) is 11.6. The maximum atomic E-state index is 12.9. The highest BCUT2D eigenvalue weighted by Gasteiger charge is 2.52. The number of carbonyl (C=O) groups is 2. The maximum Gasteiger partial charge on any atom is 0.335 e. The van der Waals surface area contributed by atoms with Crippen molar-refractivity contribution in [2.24, 2.45) is 29.6 Å². The summed E-state index contributed by atoms with van der Waals surface area (Å²) in [6.07, 6.45) is 8.53. The third-order valence-electron chi connectivity index (χ3n) is 7.88. The highest BCUT2D eigenvalue weighted by atomic mass is 16.6. The van der Waals surface area contributed by atoms with Crippen molar-refractivity contribution in [3.8, 4) is 0 Å². The fourth-order valence-electron chi connectivity index (χ4n) is 5.56. The number of hydrogen-bond acceptors (Lipinski definition) is 5. The van der Waals surface area contributed by atoms with Crippen molar-refractivity contribution in [1.29, 1.82) is 0 Å². The molecule has 1 saturated carbocycles. The van der Waals surface area contributed by atoms with Gasteiger partial charge in [0.1, 0.15) is 5.60 Å². The van der Waals surface area contributed by atoms with Crippen molar-refractivity contribution in [3.63, 3.8) is 0 Å². The van der Waals surface area contributed by atoms with Gasteiger partial charge in [-0.3, -0.25) is 4.79 Å². The van der Waals surface area contributed by atoms with Crippen LogP contribution in [-0.2, 0) is 19.1 Å². The fraction of sp³-hybridized carbons (Fsp3) is 0.833. The Morgan fingerprint density at radius 1 is 1.34 bits per heavy atom. The van der Waals surface area contributed by atoms with Crippen LogP contribution in [0.3, 0.4) is 0 Å². The van der Waals surface area contributed by atoms with Crippen LogP contribution >= 0.6 is 0 Å². The Balaban J connectivity index is 1.85. The molecular weight excluding hydrogens is 368 g/mol. The van der Waals surface area contributed by atoms with Crippen LogP contribution in [0.4, 0.5) is 0 Å². The zero-order valence-electron chi connectivity index (χ0n) is 18.5. The number of aliphatic hydroxyl groups excluding tert-OH is 1. The molecular formula is C24H38O5. The second-order valence-corrected chi connectivity index (χ2v) is 9.58. The molecule has 7 atom stereocenters. The van der Waals surface area contributed by atoms with E-state index in [9.17, 15) is 14.7 Å². The summed E-state index contributed by atoms with van der Waals surface area (Å²) in [6.45, 7) is 8.87. The Hall–Kier alpha value is -1.36. The molecule has 29 heavy (non-hydrogen) atoms. The molecule has 1 saturated heterocycles. The standard InChI is InChI=1S/C24H38O5/c1-5-15(2)22(26)29-24-12-7-6-8-19(24)14-16(3)17(4)20(24)10-9-18-11-13-28-23(27)21(18)25/h14-18,20-21,25H,5-13H2,1-4H3/t15?,16?,17-,18-,20?,21?,24?/m0/s1. The van der Waals surface area contributed by atoms with Gasteiger partial charge in [-0.15, -0.1) is 0 Å². The molecule has 3 rings (SSSR count). The number of rotatable bonds is 6. The van der Waals surface area contributed by atoms with Gasteiger partial charge in [-0.25, -0.2) is 4.79 Å². The van der Waals surface area contributed by atoms with Gasteiger partial charge in [0.2, 0.25) is 0 Å². The molecule has 0 aromatic heterocycles. The first-order chi connectivity index (χ1) is 13.8. The quantitative estimate of drug-likeness (QED) is 0.522. The van der Waals surface area contributed by atoms with Crippen LogP contribution in [0, 0.1) is 29.6 Å². The minimum atomic E-state index is -1.03. The van der Waals surface area contributed by atoms with Gasteiger partial charge in [-0.1, -0.05) is 33.8 Å². The molecule has 2 fully saturated rings. The zero-order chi connectivity index (χ0) is 21.2. The van der Waals surface area contributed by atoms with E-state index in [0.717, 1.165) is 44.9 Å². The van der Waals surface area contributed by atoms with E-state index in [1.54, 1.807) is 0 Å². The molecule has 0 aromatic rings. The smallest absolute Gasteiger partial charge is 0.335 e. The normalized spacial score (nSPS) is 38.4. The minimum Gasteiger partial charge on any atom is -0.464 e. The van der Waals surface area contributed by atoms with Crippen LogP contribution in [0.5, 0.6) is 0 Å². The van der Waals surface area contributed by atoms with Crippen molar-refractivity contribution < 1.29 is 24.2 Å². The van der Waals surface area contributed by atoms with Crippen LogP contribution in [0.15, 0.2) is 11.6 Å². The van der Waals surface area contributed by atoms with Crippen LogP contribution < -0.4 is 0 Å². The molecule has 5 nitrogen and oxygen atoms in total. The summed E-state index contributed by atoms with van der Waals surface area (Å²) in [5.41, 5.74) is 0.796. The summed E-state index contributed by atoms with van der Waals surface area (Å²) in [6, 6.07) is 0. The van der Waals surface area contributed by atoms with Gasteiger partial charge in [0, 0.05) is 5.92 Å². The molecule has 3 aliphatic rings. The SMILES string of the molecule is CCC(C)C(=O)OC12CCCCC1=CC(C)[C@H](C)C2CC[C@H]1CCOC(=O)C1O. The Morgan fingerprint density at radius 2 is 2.10 bits per heavy atom. The molecule has 0 bridgehead atoms. The number of esters is 2. The topological polar surface area (TPSA) is 72.8 Å². The number of fused-ring (bicyclic) bond motifs is 1. The summed E-state index contributed by atoms with van der Waals surface area (Å²) in [5.74, 6) is 0.280. The van der Waals surface area contributed by atoms with Crippen molar-refractivity contribution in [3.05, 3.63) is 11.6 Å². The fourth-order valence-corrected chi connectivity index (χ4v) is 5.56. The number of carbonyl (C=O) groups excluding carboxylic acids is 2. The van der Waals surface area contributed by atoms with E-state index >= 15 is 0 Å². The summed E-state index contributed by atoms with van der Waals surface area (Å²) in [4.78, 5) is 24.6. The Kier molecular flexibility index (Phi) is 7.08. The zero-order valence-corrected chi connectivity index (χ0v) is 18.5. The van der Waals surface area contributed by atoms with E-state index in [0.29, 0.717) is 24.9 Å². The number of aliphatic hydroxyl groups is 1. The molecule has 5 unspecified atom stereocenters. The van der Waals surface area contributed by atoms with Crippen molar-refractivity contribution in [2.45, 2.75) is 90.8 Å². The summed E-state index contributed by atoms with van der Waals surface area (Å²) < 4.78 is 11.4. The highest BCUT2D eigenvalue weighted by molar-refractivity contribution is 5.75. The minimum absolute atomic E-state index is 0.0704. The number of allylic oxidation sites excluding steroid dienone is 1. The van der Waals surface area contributed by atoms with E-state index in [1.165, 1.54) is 5.57 Å². The second-order valence-electron chi connectivity index (χ2n) is 9.58. The molecule has 1 heterocycles. The molecule has 5 heteroatoms. The molecule has 0 radical (unpaired) electrons. The van der Waals surface area contributed by atoms with Gasteiger partial charge < -0.3 is 14.6 Å². The number of cyclic esters (lactones) is 1. The van der Waals surface area contributed by atoms with E-state index in [2.05, 4.69) is 19.9 Å². The Bertz CT molecular complexity index is 641. The lowest BCUT2D eigenvalue weighted by Gasteiger charge is -2.52. The van der Waals surface area contributed by atoms with Gasteiger partial charge in [0.25, 0.3) is 0 Å². The van der Waals surface area contributed by atoms with Gasteiger partial charge in [0.05, 0.1) is 12.5 Å². The van der Waals surface area contributed by atoms with E-state index in [4.69, 9.17) is 9.47 Å². The first kappa shape index (κ1) is 22.3. The van der Waals surface area contributed by atoms with Crippen LogP contribution in [0.2, 0.25) is 0 Å². The average Bonchev–Trinajstić information content (AvgIpc) is 2.71. The second kappa shape index (κ2) is 9.20. The van der Waals surface area contributed by atoms with Crippen molar-refractivity contribution in [2.75, 3.05) is 6.61 Å². The van der Waals surface area contributed by atoms with Crippen LogP contribution in [0.1, 0.15) is 79.1 Å². The first-order valence-electron chi connectivity index (χ1n) is 11.6. The van der Waals surface area contributed by atoms with Crippen molar-refractivity contribution >= 4 is 11.9 Å². The number of hydrogen-bond donors (Lipinski definition) is 1. The van der Waals surface area contributed by atoms with Crippen LogP contribution in [-0.4, -0.2) is 35.4 Å². The third kappa shape index (κ3) is 4.40. The Morgan fingerprint density at radius 3 is 2.83 bits per heavy atom. The van der Waals surface area contributed by atoms with E-state index in [-0.39, 0.29) is 23.7 Å². The summed E-state index contributed by atoms with van der Waals surface area (Å²) >= 11 is 0. The predicted octanol–water partition coefficient (Wildman–Crippen LogP) is 4.42. The molecule has 0 spiro atoms. The Labute approximate surface area is 175 Å². The average molecular weight is 407 g/mol. The van der Waals surface area contributed by atoms with Gasteiger partial charge >= 0.3 is 11.9 Å². The molecule has 164 valence electrons. The van der Waals surface area contributed by atoms with Gasteiger partial charge in [-0.05, 0) is 74.7 Å². The largest absolute Gasteiger partial charge is 0.464 e. The molecule has 0 amide bonds. The molecule has 1 aliphatic heterocycles. The third-order valence-corrected chi connectivity index (χ3v) is 7.88.